The summed E-state index contributed by atoms with van der Waals surface area (Å²) >= 11 is 0. The molecule has 1 atom stereocenters. The second-order valence-electron chi connectivity index (χ2n) is 4.96. The first kappa shape index (κ1) is 10.8. The lowest BCUT2D eigenvalue weighted by Gasteiger charge is -2.21. The maximum atomic E-state index is 12.3. The molecule has 0 fully saturated rings. The van der Waals surface area contributed by atoms with Gasteiger partial charge in [-0.1, -0.05) is 37.1 Å². The van der Waals surface area contributed by atoms with Gasteiger partial charge in [-0.05, 0) is 31.4 Å². The van der Waals surface area contributed by atoms with Crippen molar-refractivity contribution in [2.24, 2.45) is 0 Å². The van der Waals surface area contributed by atoms with Gasteiger partial charge in [0.15, 0.2) is 0 Å². The SMILES string of the molecule is [2H]/C1=C(\[2H])C(ON2C(=O)c3ccccc3C2=O)CCCCC1. The van der Waals surface area contributed by atoms with Crippen molar-refractivity contribution in [3.8, 4) is 0 Å². The van der Waals surface area contributed by atoms with Crippen LogP contribution in [0.4, 0.5) is 0 Å². The predicted octanol–water partition coefficient (Wildman–Crippen LogP) is 3.10. The first-order valence-electron chi connectivity index (χ1n) is 7.90. The summed E-state index contributed by atoms with van der Waals surface area (Å²) in [5.41, 5.74) is 0.639. The number of carbonyl (C=O) groups is 2. The van der Waals surface area contributed by atoms with Gasteiger partial charge in [-0.15, -0.1) is 5.06 Å². The highest BCUT2D eigenvalue weighted by Crippen LogP contribution is 2.25. The molecule has 1 aliphatic carbocycles. The van der Waals surface area contributed by atoms with Gasteiger partial charge in [0, 0.05) is 0 Å². The van der Waals surface area contributed by atoms with Crippen LogP contribution in [0.25, 0.3) is 0 Å². The Morgan fingerprint density at radius 1 is 1.10 bits per heavy atom. The largest absolute Gasteiger partial charge is 0.285 e. The number of amides is 2. The molecule has 1 heterocycles. The number of nitrogens with zero attached hydrogens (tertiary/aromatic N) is 1. The van der Waals surface area contributed by atoms with E-state index in [2.05, 4.69) is 0 Å². The molecule has 0 N–H and O–H groups in total. The van der Waals surface area contributed by atoms with E-state index in [0.717, 1.165) is 24.3 Å². The summed E-state index contributed by atoms with van der Waals surface area (Å²) in [5, 5.41) is 0.749. The third kappa shape index (κ3) is 2.39. The second kappa shape index (κ2) is 5.59. The molecule has 2 amide bonds. The van der Waals surface area contributed by atoms with Crippen LogP contribution in [0, 0.1) is 0 Å². The van der Waals surface area contributed by atoms with Crippen LogP contribution >= 0.6 is 0 Å². The molecule has 1 aromatic carbocycles. The van der Waals surface area contributed by atoms with E-state index in [1.807, 2.05) is 0 Å². The number of carbonyl (C=O) groups excluding carboxylic acids is 2. The lowest BCUT2D eigenvalue weighted by atomic mass is 10.0. The molecule has 1 aliphatic heterocycles. The highest BCUT2D eigenvalue weighted by Gasteiger charge is 2.37. The van der Waals surface area contributed by atoms with Crippen molar-refractivity contribution in [3.05, 3.63) is 47.5 Å². The van der Waals surface area contributed by atoms with Crippen LogP contribution in [-0.2, 0) is 4.84 Å². The van der Waals surface area contributed by atoms with E-state index in [1.165, 1.54) is 0 Å². The average Bonchev–Trinajstić information content (AvgIpc) is 2.76. The molecule has 0 saturated heterocycles. The smallest absolute Gasteiger partial charge is 0.266 e. The molecule has 104 valence electrons. The zero-order valence-electron chi connectivity index (χ0n) is 13.1. The Balaban J connectivity index is 1.84. The fraction of sp³-hybridized carbons (Fsp3) is 0.375. The van der Waals surface area contributed by atoms with E-state index in [4.69, 9.17) is 7.58 Å². The predicted molar refractivity (Wildman–Crippen MR) is 74.0 cm³/mol. The van der Waals surface area contributed by atoms with E-state index in [0.29, 0.717) is 24.0 Å². The van der Waals surface area contributed by atoms with Gasteiger partial charge in [0.25, 0.3) is 11.8 Å². The molecule has 2 aliphatic rings. The van der Waals surface area contributed by atoms with Crippen LogP contribution in [0.5, 0.6) is 0 Å². The van der Waals surface area contributed by atoms with E-state index in [9.17, 15) is 9.59 Å². The van der Waals surface area contributed by atoms with Gasteiger partial charge < -0.3 is 0 Å². The minimum absolute atomic E-state index is 0.0660. The number of benzene rings is 1. The molecular formula is C16H17NO3. The van der Waals surface area contributed by atoms with Crippen LogP contribution in [0.1, 0.15) is 55.6 Å². The maximum Gasteiger partial charge on any atom is 0.285 e. The molecule has 20 heavy (non-hydrogen) atoms. The van der Waals surface area contributed by atoms with Crippen molar-refractivity contribution in [2.75, 3.05) is 0 Å². The first-order chi connectivity index (χ1) is 10.6. The van der Waals surface area contributed by atoms with Gasteiger partial charge >= 0.3 is 0 Å². The fourth-order valence-electron chi connectivity index (χ4n) is 2.45. The molecule has 0 saturated carbocycles. The minimum Gasteiger partial charge on any atom is -0.266 e. The monoisotopic (exact) mass is 273 g/mol. The highest BCUT2D eigenvalue weighted by molar-refractivity contribution is 6.20. The third-order valence-electron chi connectivity index (χ3n) is 3.52. The van der Waals surface area contributed by atoms with Gasteiger partial charge in [-0.25, -0.2) is 0 Å². The van der Waals surface area contributed by atoms with E-state index < -0.39 is 17.9 Å². The number of hydrogen-bond acceptors (Lipinski definition) is 3. The Hall–Kier alpha value is -1.94. The Morgan fingerprint density at radius 2 is 1.80 bits per heavy atom. The van der Waals surface area contributed by atoms with Crippen molar-refractivity contribution >= 4 is 11.8 Å². The van der Waals surface area contributed by atoms with Crippen molar-refractivity contribution in [2.45, 2.75) is 38.2 Å². The summed E-state index contributed by atoms with van der Waals surface area (Å²) in [4.78, 5) is 30.1. The molecule has 4 heteroatoms. The zero-order chi connectivity index (χ0) is 15.7. The minimum atomic E-state index is -0.713. The van der Waals surface area contributed by atoms with E-state index >= 15 is 0 Å². The Morgan fingerprint density at radius 3 is 2.50 bits per heavy atom. The van der Waals surface area contributed by atoms with Gasteiger partial charge in [0.2, 0.25) is 0 Å². The quantitative estimate of drug-likeness (QED) is 0.614. The summed E-state index contributed by atoms with van der Waals surface area (Å²) in [6.07, 6.45) is 3.06. The van der Waals surface area contributed by atoms with E-state index in [1.54, 1.807) is 24.3 Å². The van der Waals surface area contributed by atoms with Crippen molar-refractivity contribution in [1.82, 2.24) is 5.06 Å². The number of allylic oxidation sites excluding steroid dienone is 1. The number of imide groups is 1. The molecule has 3 rings (SSSR count). The lowest BCUT2D eigenvalue weighted by molar-refractivity contribution is -0.119. The van der Waals surface area contributed by atoms with Gasteiger partial charge in [-0.3, -0.25) is 14.4 Å². The Kier molecular flexibility index (Phi) is 3.02. The topological polar surface area (TPSA) is 46.6 Å². The van der Waals surface area contributed by atoms with Gasteiger partial charge in [-0.2, -0.15) is 0 Å². The highest BCUT2D eigenvalue weighted by atomic mass is 16.7. The van der Waals surface area contributed by atoms with Crippen molar-refractivity contribution in [3.63, 3.8) is 0 Å². The third-order valence-corrected chi connectivity index (χ3v) is 3.52. The van der Waals surface area contributed by atoms with Crippen LogP contribution < -0.4 is 0 Å². The summed E-state index contributed by atoms with van der Waals surface area (Å²) in [6.45, 7) is 0. The molecule has 0 spiro atoms. The van der Waals surface area contributed by atoms with E-state index in [-0.39, 0.29) is 12.1 Å². The van der Waals surface area contributed by atoms with Crippen molar-refractivity contribution < 1.29 is 17.2 Å². The van der Waals surface area contributed by atoms with Gasteiger partial charge in [0.05, 0.1) is 13.9 Å². The fourth-order valence-corrected chi connectivity index (χ4v) is 2.45. The molecule has 0 aromatic heterocycles. The summed E-state index contributed by atoms with van der Waals surface area (Å²) in [7, 11) is 0. The Bertz CT molecular complexity index is 622. The van der Waals surface area contributed by atoms with Crippen LogP contribution in [0.15, 0.2) is 36.4 Å². The normalized spacial score (nSPS) is 28.6. The molecule has 0 radical (unpaired) electrons. The summed E-state index contributed by atoms with van der Waals surface area (Å²) < 4.78 is 15.9. The summed E-state index contributed by atoms with van der Waals surface area (Å²) in [5.74, 6) is -0.996. The standard InChI is InChI=1S/C16H17NO3/c18-15-13-10-6-7-11-14(13)16(19)17(15)20-12-8-4-2-1-3-5-9-12/h4,6-8,10-12H,1-3,5,9H2/b8-4-/i4D,8D. The number of fused-ring (bicyclic) bond motifs is 1. The maximum absolute atomic E-state index is 12.3. The van der Waals surface area contributed by atoms with Gasteiger partial charge in [0.1, 0.15) is 6.10 Å². The molecular weight excluding hydrogens is 254 g/mol. The molecule has 1 unspecified atom stereocenters. The first-order valence-corrected chi connectivity index (χ1v) is 6.90. The lowest BCUT2D eigenvalue weighted by Crippen LogP contribution is -2.34. The zero-order valence-corrected chi connectivity index (χ0v) is 11.1. The average molecular weight is 273 g/mol. The van der Waals surface area contributed by atoms with Crippen molar-refractivity contribution in [1.29, 1.82) is 0 Å². The molecule has 4 nitrogen and oxygen atoms in total. The second-order valence-corrected chi connectivity index (χ2v) is 4.96. The molecule has 0 bridgehead atoms. The van der Waals surface area contributed by atoms with Crippen LogP contribution in [0.3, 0.4) is 0 Å². The van der Waals surface area contributed by atoms with Crippen LogP contribution in [-0.4, -0.2) is 23.0 Å². The van der Waals surface area contributed by atoms with Crippen LogP contribution in [0.2, 0.25) is 0 Å². The Labute approximate surface area is 120 Å². The summed E-state index contributed by atoms with van der Waals surface area (Å²) in [6, 6.07) is 6.86. The number of rotatable bonds is 2. The number of hydrogen-bond donors (Lipinski definition) is 0. The molecule has 1 aromatic rings. The number of hydroxylamine groups is 2.